The largest absolute Gasteiger partial charge is 0.489 e. The van der Waals surface area contributed by atoms with Crippen molar-refractivity contribution in [2.75, 3.05) is 39.4 Å². The predicted octanol–water partition coefficient (Wildman–Crippen LogP) is 3.14. The van der Waals surface area contributed by atoms with Crippen molar-refractivity contribution < 1.29 is 19.0 Å². The molecule has 4 rings (SSSR count). The lowest BCUT2D eigenvalue weighted by atomic mass is 10.1. The molecule has 3 aliphatic heterocycles. The second-order valence-electron chi connectivity index (χ2n) is 8.49. The molecule has 2 fully saturated rings. The molecule has 0 bridgehead atoms. The van der Waals surface area contributed by atoms with Crippen LogP contribution in [0.4, 0.5) is 0 Å². The number of fused-ring (bicyclic) bond motifs is 1. The summed E-state index contributed by atoms with van der Waals surface area (Å²) in [6.07, 6.45) is 3.78. The molecule has 160 valence electrons. The average Bonchev–Trinajstić information content (AvgIpc) is 2.97. The van der Waals surface area contributed by atoms with Crippen molar-refractivity contribution in [3.05, 3.63) is 22.7 Å². The third kappa shape index (κ3) is 4.98. The Balaban J connectivity index is 1.41. The van der Waals surface area contributed by atoms with Crippen LogP contribution in [0.1, 0.15) is 38.7 Å². The quantitative estimate of drug-likeness (QED) is 0.746. The molecule has 3 heterocycles. The van der Waals surface area contributed by atoms with Crippen LogP contribution in [0.2, 0.25) is 5.02 Å². The van der Waals surface area contributed by atoms with Crippen LogP contribution in [-0.2, 0) is 16.0 Å². The highest BCUT2D eigenvalue weighted by Gasteiger charge is 2.32. The second-order valence-corrected chi connectivity index (χ2v) is 8.90. The van der Waals surface area contributed by atoms with Gasteiger partial charge in [0.15, 0.2) is 11.5 Å². The van der Waals surface area contributed by atoms with Gasteiger partial charge in [-0.3, -0.25) is 9.69 Å². The zero-order valence-electron chi connectivity index (χ0n) is 17.4. The van der Waals surface area contributed by atoms with E-state index in [-0.39, 0.29) is 24.2 Å². The van der Waals surface area contributed by atoms with Gasteiger partial charge in [-0.1, -0.05) is 11.6 Å². The fourth-order valence-electron chi connectivity index (χ4n) is 4.75. The van der Waals surface area contributed by atoms with Crippen molar-refractivity contribution in [2.45, 2.75) is 57.8 Å². The molecule has 3 unspecified atom stereocenters. The van der Waals surface area contributed by atoms with Gasteiger partial charge < -0.3 is 19.1 Å². The van der Waals surface area contributed by atoms with Crippen LogP contribution in [-0.4, -0.2) is 73.3 Å². The molecule has 29 heavy (non-hydrogen) atoms. The average molecular weight is 423 g/mol. The Morgan fingerprint density at radius 3 is 2.69 bits per heavy atom. The molecule has 7 heteroatoms. The van der Waals surface area contributed by atoms with Crippen LogP contribution in [0.3, 0.4) is 0 Å². The van der Waals surface area contributed by atoms with Crippen molar-refractivity contribution in [3.63, 3.8) is 0 Å². The summed E-state index contributed by atoms with van der Waals surface area (Å²) in [6, 6.07) is 4.01. The van der Waals surface area contributed by atoms with Crippen molar-refractivity contribution in [1.29, 1.82) is 0 Å². The zero-order valence-corrected chi connectivity index (χ0v) is 18.1. The number of halogens is 1. The summed E-state index contributed by atoms with van der Waals surface area (Å²) in [5.74, 6) is 1.40. The number of rotatable bonds is 4. The summed E-state index contributed by atoms with van der Waals surface area (Å²) < 4.78 is 17.3. The number of hydrogen-bond donors (Lipinski definition) is 0. The third-order valence-corrected chi connectivity index (χ3v) is 6.16. The highest BCUT2D eigenvalue weighted by Crippen LogP contribution is 2.38. The van der Waals surface area contributed by atoms with E-state index in [0.717, 1.165) is 51.0 Å². The third-order valence-electron chi connectivity index (χ3n) is 5.88. The number of hydrogen-bond acceptors (Lipinski definition) is 5. The van der Waals surface area contributed by atoms with Gasteiger partial charge in [0.25, 0.3) is 0 Å². The molecule has 0 aliphatic carbocycles. The summed E-state index contributed by atoms with van der Waals surface area (Å²) in [7, 11) is 0. The van der Waals surface area contributed by atoms with Gasteiger partial charge in [-0.15, -0.1) is 0 Å². The normalized spacial score (nSPS) is 27.7. The predicted molar refractivity (Wildman–Crippen MR) is 112 cm³/mol. The first-order valence-electron chi connectivity index (χ1n) is 10.7. The van der Waals surface area contributed by atoms with Gasteiger partial charge >= 0.3 is 0 Å². The number of likely N-dealkylation sites (tertiary alicyclic amines) is 1. The molecule has 3 aliphatic rings. The van der Waals surface area contributed by atoms with Crippen LogP contribution in [0, 0.1) is 0 Å². The maximum absolute atomic E-state index is 13.1. The molecule has 6 nitrogen and oxygen atoms in total. The molecular weight excluding hydrogens is 392 g/mol. The molecule has 0 saturated carbocycles. The Morgan fingerprint density at radius 2 is 1.90 bits per heavy atom. The van der Waals surface area contributed by atoms with Gasteiger partial charge in [0, 0.05) is 38.6 Å². The number of nitrogens with zero attached hydrogens (tertiary/aromatic N) is 2. The summed E-state index contributed by atoms with van der Waals surface area (Å²) >= 11 is 6.40. The lowest BCUT2D eigenvalue weighted by Crippen LogP contribution is -2.51. The number of carbonyl (C=O) groups is 1. The number of benzene rings is 1. The smallest absolute Gasteiger partial charge is 0.227 e. The first-order chi connectivity index (χ1) is 14.0. The summed E-state index contributed by atoms with van der Waals surface area (Å²) in [5.41, 5.74) is 0.878. The van der Waals surface area contributed by atoms with Crippen LogP contribution in [0.15, 0.2) is 12.1 Å². The second kappa shape index (κ2) is 9.11. The minimum Gasteiger partial charge on any atom is -0.489 e. The van der Waals surface area contributed by atoms with E-state index in [0.29, 0.717) is 36.2 Å². The zero-order chi connectivity index (χ0) is 20.4. The maximum Gasteiger partial charge on any atom is 0.227 e. The van der Waals surface area contributed by atoms with E-state index >= 15 is 0 Å². The summed E-state index contributed by atoms with van der Waals surface area (Å²) in [6.45, 7) is 9.05. The molecular formula is C22H31ClN2O4. The van der Waals surface area contributed by atoms with Gasteiger partial charge in [0.2, 0.25) is 5.91 Å². The summed E-state index contributed by atoms with van der Waals surface area (Å²) in [4.78, 5) is 17.6. The Labute approximate surface area is 178 Å². The highest BCUT2D eigenvalue weighted by atomic mass is 35.5. The fourth-order valence-corrected chi connectivity index (χ4v) is 5.04. The van der Waals surface area contributed by atoms with Crippen LogP contribution < -0.4 is 9.47 Å². The fraction of sp³-hybridized carbons (Fsp3) is 0.682. The molecule has 1 amide bonds. The van der Waals surface area contributed by atoms with Crippen molar-refractivity contribution >= 4 is 17.5 Å². The monoisotopic (exact) mass is 422 g/mol. The molecule has 0 N–H and O–H groups in total. The minimum atomic E-state index is 0.160. The van der Waals surface area contributed by atoms with Crippen molar-refractivity contribution in [2.24, 2.45) is 0 Å². The van der Waals surface area contributed by atoms with Crippen LogP contribution in [0.5, 0.6) is 11.5 Å². The topological polar surface area (TPSA) is 51.2 Å². The van der Waals surface area contributed by atoms with Gasteiger partial charge in [-0.25, -0.2) is 0 Å². The Hall–Kier alpha value is -1.50. The number of amides is 1. The Bertz CT molecular complexity index is 734. The molecule has 0 radical (unpaired) electrons. The van der Waals surface area contributed by atoms with Crippen molar-refractivity contribution in [1.82, 2.24) is 9.80 Å². The molecule has 1 aromatic carbocycles. The standard InChI is InChI=1S/C22H31ClN2O4/c1-15-12-24(13-16(2)29-15)14-18-5-3-6-25(18)21(26)11-17-9-19(23)22-20(10-17)27-7-4-8-28-22/h9-10,15-16,18H,3-8,11-14H2,1-2H3. The summed E-state index contributed by atoms with van der Waals surface area (Å²) in [5, 5.41) is 0.515. The number of carbonyl (C=O) groups excluding carboxylic acids is 1. The molecule has 3 atom stereocenters. The highest BCUT2D eigenvalue weighted by molar-refractivity contribution is 6.32. The lowest BCUT2D eigenvalue weighted by Gasteiger charge is -2.38. The van der Waals surface area contributed by atoms with E-state index in [1.165, 1.54) is 0 Å². The van der Waals surface area contributed by atoms with Crippen molar-refractivity contribution in [3.8, 4) is 11.5 Å². The first kappa shape index (κ1) is 20.8. The Morgan fingerprint density at radius 1 is 1.14 bits per heavy atom. The van der Waals surface area contributed by atoms with E-state index in [4.69, 9.17) is 25.8 Å². The molecule has 1 aromatic rings. The van der Waals surface area contributed by atoms with Gasteiger partial charge in [0.1, 0.15) is 0 Å². The van der Waals surface area contributed by atoms with Gasteiger partial charge in [-0.05, 0) is 44.4 Å². The number of ether oxygens (including phenoxy) is 3. The SMILES string of the molecule is CC1CN(CC2CCCN2C(=O)Cc2cc(Cl)c3c(c2)OCCCO3)CC(C)O1. The van der Waals surface area contributed by atoms with E-state index in [1.54, 1.807) is 0 Å². The lowest BCUT2D eigenvalue weighted by molar-refractivity contribution is -0.132. The Kier molecular flexibility index (Phi) is 6.52. The maximum atomic E-state index is 13.1. The van der Waals surface area contributed by atoms with Crippen LogP contribution in [0.25, 0.3) is 0 Å². The van der Waals surface area contributed by atoms with Gasteiger partial charge in [-0.2, -0.15) is 0 Å². The number of morpholine rings is 1. The first-order valence-corrected chi connectivity index (χ1v) is 11.1. The van der Waals surface area contributed by atoms with E-state index in [9.17, 15) is 4.79 Å². The van der Waals surface area contributed by atoms with E-state index in [1.807, 2.05) is 12.1 Å². The molecule has 2 saturated heterocycles. The van der Waals surface area contributed by atoms with Gasteiger partial charge in [0.05, 0.1) is 36.9 Å². The molecule has 0 aromatic heterocycles. The molecule has 0 spiro atoms. The van der Waals surface area contributed by atoms with E-state index in [2.05, 4.69) is 23.6 Å². The van der Waals surface area contributed by atoms with Crippen LogP contribution >= 0.6 is 11.6 Å². The minimum absolute atomic E-state index is 0.160. The van der Waals surface area contributed by atoms with E-state index < -0.39 is 0 Å².